The van der Waals surface area contributed by atoms with Gasteiger partial charge in [0.05, 0.1) is 16.8 Å². The second-order valence-electron chi connectivity index (χ2n) is 14.0. The van der Waals surface area contributed by atoms with Crippen molar-refractivity contribution < 1.29 is 8.83 Å². The van der Waals surface area contributed by atoms with Gasteiger partial charge in [-0.05, 0) is 53.6 Å². The van der Waals surface area contributed by atoms with Gasteiger partial charge < -0.3 is 13.7 Å². The number of benzene rings is 8. The van der Waals surface area contributed by atoms with Gasteiger partial charge in [0.1, 0.15) is 22.3 Å². The van der Waals surface area contributed by atoms with Crippen LogP contribution in [0.1, 0.15) is 0 Å². The lowest BCUT2D eigenvalue weighted by Crippen LogP contribution is -2.11. The molecule has 0 bridgehead atoms. The van der Waals surface area contributed by atoms with Gasteiger partial charge in [-0.1, -0.05) is 146 Å². The van der Waals surface area contributed by atoms with E-state index in [1.54, 1.807) is 0 Å². The summed E-state index contributed by atoms with van der Waals surface area (Å²) < 4.78 is 13.1. The molecule has 0 aliphatic carbocycles. The fourth-order valence-electron chi connectivity index (χ4n) is 7.88. The summed E-state index contributed by atoms with van der Waals surface area (Å²) in [5.41, 5.74) is 10.9. The molecule has 6 heteroatoms. The molecule has 0 atom stereocenters. The third-order valence-corrected chi connectivity index (χ3v) is 10.5. The Balaban J connectivity index is 1.21. The topological polar surface area (TPSA) is 68.2 Å². The molecule has 0 unspecified atom stereocenters. The summed E-state index contributed by atoms with van der Waals surface area (Å²) in [6, 6.07) is 66.2. The summed E-state index contributed by atoms with van der Waals surface area (Å²) in [7, 11) is 0. The van der Waals surface area contributed by atoms with E-state index in [1.807, 2.05) is 103 Å². The maximum absolute atomic E-state index is 6.71. The van der Waals surface area contributed by atoms with Gasteiger partial charge in [0.15, 0.2) is 17.5 Å². The van der Waals surface area contributed by atoms with E-state index in [-0.39, 0.29) is 0 Å². The molecule has 0 saturated heterocycles. The first kappa shape index (κ1) is 32.6. The van der Waals surface area contributed by atoms with E-state index in [0.29, 0.717) is 17.5 Å². The molecule has 0 aliphatic heterocycles. The van der Waals surface area contributed by atoms with Crippen LogP contribution in [-0.2, 0) is 0 Å². The number of rotatable bonds is 7. The summed E-state index contributed by atoms with van der Waals surface area (Å²) >= 11 is 0. The van der Waals surface area contributed by atoms with Crippen LogP contribution in [0.15, 0.2) is 203 Å². The van der Waals surface area contributed by atoms with Crippen molar-refractivity contribution in [3.63, 3.8) is 0 Å². The highest BCUT2D eigenvalue weighted by atomic mass is 16.3. The number of hydrogen-bond acceptors (Lipinski definition) is 6. The van der Waals surface area contributed by atoms with Gasteiger partial charge in [-0.15, -0.1) is 0 Å². The first-order valence-corrected chi connectivity index (χ1v) is 18.9. The minimum absolute atomic E-state index is 0.549. The lowest BCUT2D eigenvalue weighted by Gasteiger charge is -2.27. The average Bonchev–Trinajstić information content (AvgIpc) is 3.86. The van der Waals surface area contributed by atoms with Crippen molar-refractivity contribution >= 4 is 60.9 Å². The molecule has 0 amide bonds. The van der Waals surface area contributed by atoms with E-state index in [9.17, 15) is 0 Å². The second kappa shape index (κ2) is 13.5. The zero-order valence-corrected chi connectivity index (χ0v) is 30.6. The van der Waals surface area contributed by atoms with Crippen LogP contribution in [-0.4, -0.2) is 15.0 Å². The molecule has 0 N–H and O–H groups in total. The lowest BCUT2D eigenvalue weighted by atomic mass is 10.0. The monoisotopic (exact) mass is 732 g/mol. The summed E-state index contributed by atoms with van der Waals surface area (Å²) in [5, 5.41) is 3.98. The largest absolute Gasteiger partial charge is 0.456 e. The van der Waals surface area contributed by atoms with Gasteiger partial charge in [-0.25, -0.2) is 15.0 Å². The normalized spacial score (nSPS) is 11.5. The molecule has 57 heavy (non-hydrogen) atoms. The Bertz CT molecular complexity index is 3170. The molecule has 0 saturated carbocycles. The molecule has 11 aromatic rings. The third kappa shape index (κ3) is 5.70. The highest BCUT2D eigenvalue weighted by molar-refractivity contribution is 6.16. The van der Waals surface area contributed by atoms with Crippen molar-refractivity contribution in [2.24, 2.45) is 0 Å². The first-order chi connectivity index (χ1) is 28.2. The van der Waals surface area contributed by atoms with Gasteiger partial charge in [-0.2, -0.15) is 0 Å². The van der Waals surface area contributed by atoms with Crippen LogP contribution in [0.4, 0.5) is 17.1 Å². The smallest absolute Gasteiger partial charge is 0.164 e. The van der Waals surface area contributed by atoms with Crippen LogP contribution in [0.3, 0.4) is 0 Å². The van der Waals surface area contributed by atoms with Crippen LogP contribution in [0.2, 0.25) is 0 Å². The predicted octanol–water partition coefficient (Wildman–Crippen LogP) is 13.8. The number of nitrogens with zero attached hydrogens (tertiary/aromatic N) is 4. The number of para-hydroxylation sites is 2. The second-order valence-corrected chi connectivity index (χ2v) is 14.0. The van der Waals surface area contributed by atoms with Crippen molar-refractivity contribution in [3.8, 4) is 45.3 Å². The standard InChI is InChI=1S/C51H32N4O2/c1-4-15-33(16-5-1)34-27-29-37(30-28-34)55(42-23-14-26-45-48(42)40-22-11-13-25-44(40)56-45)38-31-41(47-39-21-10-12-24-43(39)57-46(47)32-38)51-53-49(35-17-6-2-7-18-35)52-50(54-51)36-19-8-3-9-20-36/h1-32H. The fourth-order valence-corrected chi connectivity index (χ4v) is 7.88. The molecular weight excluding hydrogens is 701 g/mol. The number of hydrogen-bond donors (Lipinski definition) is 0. The van der Waals surface area contributed by atoms with E-state index in [0.717, 1.165) is 88.8 Å². The van der Waals surface area contributed by atoms with Crippen molar-refractivity contribution in [1.29, 1.82) is 0 Å². The molecular formula is C51H32N4O2. The van der Waals surface area contributed by atoms with Crippen LogP contribution in [0, 0.1) is 0 Å². The van der Waals surface area contributed by atoms with Gasteiger partial charge in [0, 0.05) is 44.6 Å². The number of fused-ring (bicyclic) bond motifs is 6. The Morgan fingerprint density at radius 1 is 0.333 bits per heavy atom. The summed E-state index contributed by atoms with van der Waals surface area (Å²) in [6.45, 7) is 0. The van der Waals surface area contributed by atoms with E-state index in [4.69, 9.17) is 23.8 Å². The molecule has 8 aromatic carbocycles. The Kier molecular flexibility index (Phi) is 7.71. The molecule has 11 rings (SSSR count). The van der Waals surface area contributed by atoms with Crippen molar-refractivity contribution in [2.75, 3.05) is 4.90 Å². The minimum Gasteiger partial charge on any atom is -0.456 e. The van der Waals surface area contributed by atoms with Gasteiger partial charge in [-0.3, -0.25) is 0 Å². The summed E-state index contributed by atoms with van der Waals surface area (Å²) in [4.78, 5) is 17.7. The highest BCUT2D eigenvalue weighted by Crippen LogP contribution is 2.47. The molecule has 0 fully saturated rings. The molecule has 6 nitrogen and oxygen atoms in total. The Hall–Kier alpha value is -7.83. The molecule has 268 valence electrons. The van der Waals surface area contributed by atoms with E-state index >= 15 is 0 Å². The Morgan fingerprint density at radius 2 is 0.825 bits per heavy atom. The zero-order chi connectivity index (χ0) is 37.7. The maximum Gasteiger partial charge on any atom is 0.164 e. The molecule has 0 aliphatic rings. The lowest BCUT2D eigenvalue weighted by molar-refractivity contribution is 0.669. The molecule has 3 heterocycles. The minimum atomic E-state index is 0.549. The fraction of sp³-hybridized carbons (Fsp3) is 0. The predicted molar refractivity (Wildman–Crippen MR) is 231 cm³/mol. The SMILES string of the molecule is c1ccc(-c2ccc(N(c3cc(-c4nc(-c5ccccc5)nc(-c5ccccc5)n4)c4c(c3)oc3ccccc34)c3cccc4oc5ccccc5c34)cc2)cc1. The quantitative estimate of drug-likeness (QED) is 0.162. The maximum atomic E-state index is 6.71. The van der Waals surface area contributed by atoms with Gasteiger partial charge in [0.2, 0.25) is 0 Å². The van der Waals surface area contributed by atoms with Crippen molar-refractivity contribution in [1.82, 2.24) is 15.0 Å². The van der Waals surface area contributed by atoms with E-state index in [2.05, 4.69) is 95.9 Å². The average molecular weight is 733 g/mol. The highest BCUT2D eigenvalue weighted by Gasteiger charge is 2.24. The van der Waals surface area contributed by atoms with Gasteiger partial charge >= 0.3 is 0 Å². The van der Waals surface area contributed by atoms with Crippen molar-refractivity contribution in [3.05, 3.63) is 194 Å². The van der Waals surface area contributed by atoms with Crippen LogP contribution < -0.4 is 4.90 Å². The molecule has 0 spiro atoms. The van der Waals surface area contributed by atoms with E-state index in [1.165, 1.54) is 0 Å². The number of aromatic nitrogens is 3. The Morgan fingerprint density at radius 3 is 1.46 bits per heavy atom. The van der Waals surface area contributed by atoms with Crippen molar-refractivity contribution in [2.45, 2.75) is 0 Å². The van der Waals surface area contributed by atoms with E-state index < -0.39 is 0 Å². The van der Waals surface area contributed by atoms with Gasteiger partial charge in [0.25, 0.3) is 0 Å². The summed E-state index contributed by atoms with van der Waals surface area (Å²) in [6.07, 6.45) is 0. The first-order valence-electron chi connectivity index (χ1n) is 18.9. The third-order valence-electron chi connectivity index (χ3n) is 10.5. The summed E-state index contributed by atoms with van der Waals surface area (Å²) in [5.74, 6) is 1.73. The molecule has 3 aromatic heterocycles. The number of furan rings is 2. The Labute approximate surface area is 328 Å². The number of anilines is 3. The van der Waals surface area contributed by atoms with Crippen LogP contribution in [0.5, 0.6) is 0 Å². The van der Waals surface area contributed by atoms with Crippen LogP contribution in [0.25, 0.3) is 89.2 Å². The zero-order valence-electron chi connectivity index (χ0n) is 30.6. The molecule has 0 radical (unpaired) electrons. The van der Waals surface area contributed by atoms with Crippen LogP contribution >= 0.6 is 0 Å².